The van der Waals surface area contributed by atoms with Gasteiger partial charge in [0.05, 0.1) is 0 Å². The van der Waals surface area contributed by atoms with E-state index in [1.807, 2.05) is 27.7 Å². The fourth-order valence-electron chi connectivity index (χ4n) is 1.75. The minimum absolute atomic E-state index is 0.516. The molecule has 6 nitrogen and oxygen atoms in total. The van der Waals surface area contributed by atoms with Crippen molar-refractivity contribution >= 4 is 38.0 Å². The van der Waals surface area contributed by atoms with Gasteiger partial charge in [0.1, 0.15) is 0 Å². The Morgan fingerprint density at radius 2 is 1.23 bits per heavy atom. The lowest BCUT2D eigenvalue weighted by molar-refractivity contribution is 0.427. The molecular weight excluding hydrogens is 360 g/mol. The fraction of sp³-hybridized carbons (Fsp3) is 1.00. The Balaban J connectivity index is 0.000000518. The summed E-state index contributed by atoms with van der Waals surface area (Å²) in [7, 11) is -7.54. The highest BCUT2D eigenvalue weighted by Crippen LogP contribution is 2.49. The van der Waals surface area contributed by atoms with Crippen LogP contribution in [0.3, 0.4) is 0 Å². The van der Waals surface area contributed by atoms with Crippen LogP contribution < -0.4 is 0 Å². The zero-order valence-corrected chi connectivity index (χ0v) is 17.9. The molecule has 0 aromatic carbocycles. The highest BCUT2D eigenvalue weighted by Gasteiger charge is 2.24. The van der Waals surface area contributed by atoms with Gasteiger partial charge < -0.3 is 12.0 Å². The first-order valence-corrected chi connectivity index (χ1v) is 14.8. The van der Waals surface area contributed by atoms with Gasteiger partial charge in [-0.2, -0.15) is 0 Å². The molecular formula is C12H29AlO6P3. The molecule has 131 valence electrons. The van der Waals surface area contributed by atoms with Gasteiger partial charge in [0.2, 0.25) is 7.37 Å². The van der Waals surface area contributed by atoms with Gasteiger partial charge in [0, 0.05) is 37.0 Å². The molecule has 0 atom stereocenters. The minimum atomic E-state index is -2.54. The van der Waals surface area contributed by atoms with Gasteiger partial charge in [-0.05, 0) is 12.8 Å². The van der Waals surface area contributed by atoms with Crippen molar-refractivity contribution in [3.05, 3.63) is 0 Å². The number of hydrogen-bond donors (Lipinski definition) is 1. The topological polar surface area (TPSA) is 89.9 Å². The van der Waals surface area contributed by atoms with Crippen molar-refractivity contribution in [2.45, 2.75) is 40.5 Å². The molecule has 22 heavy (non-hydrogen) atoms. The lowest BCUT2D eigenvalue weighted by Crippen LogP contribution is -2.06. The summed E-state index contributed by atoms with van der Waals surface area (Å²) in [6, 6.07) is 0. The Morgan fingerprint density at radius 1 is 0.909 bits per heavy atom. The molecule has 0 unspecified atom stereocenters. The van der Waals surface area contributed by atoms with Crippen LogP contribution in [0.5, 0.6) is 0 Å². The van der Waals surface area contributed by atoms with E-state index in [-0.39, 0.29) is 0 Å². The zero-order chi connectivity index (χ0) is 17.3. The third kappa shape index (κ3) is 9.41. The van der Waals surface area contributed by atoms with Gasteiger partial charge in [-0.3, -0.25) is 13.7 Å². The van der Waals surface area contributed by atoms with Crippen molar-refractivity contribution in [1.82, 2.24) is 0 Å². The summed E-state index contributed by atoms with van der Waals surface area (Å²) in [4.78, 5) is 8.75. The maximum absolute atomic E-state index is 11.8. The Bertz CT molecular complexity index is 404. The standard InChI is InChI=1S/C4H9O2P.2C4H11O2P.Al/c5-7(6)3-1-2-4-7;2*1-3-7(5,6)4-2;/h1-4H2,(H,5,6);2*3-4H2,1-2H3,(H,5,6);/q;;;+2/p-2. The summed E-state index contributed by atoms with van der Waals surface area (Å²) in [5, 5.41) is 0. The maximum atomic E-state index is 11.8. The van der Waals surface area contributed by atoms with E-state index in [4.69, 9.17) is 12.0 Å². The van der Waals surface area contributed by atoms with Gasteiger partial charge in [0.25, 0.3) is 0 Å². The molecule has 1 aliphatic heterocycles. The zero-order valence-electron chi connectivity index (χ0n) is 14.1. The lowest BCUT2D eigenvalue weighted by Gasteiger charge is -2.19. The Labute approximate surface area is 141 Å². The summed E-state index contributed by atoms with van der Waals surface area (Å²) in [6.07, 6.45) is 5.09. The van der Waals surface area contributed by atoms with Crippen molar-refractivity contribution in [3.8, 4) is 0 Å². The smallest absolute Gasteiger partial charge is 0.435 e. The Morgan fingerprint density at radius 3 is 1.41 bits per heavy atom. The maximum Gasteiger partial charge on any atom is 0.679 e. The van der Waals surface area contributed by atoms with E-state index in [0.29, 0.717) is 37.0 Å². The van der Waals surface area contributed by atoms with Crippen LogP contribution in [0.15, 0.2) is 0 Å². The first kappa shape index (κ1) is 23.1. The predicted octanol–water partition coefficient (Wildman–Crippen LogP) is 4.24. The Kier molecular flexibility index (Phi) is 11.4. The van der Waals surface area contributed by atoms with Crippen LogP contribution in [0.25, 0.3) is 0 Å². The monoisotopic (exact) mass is 389 g/mol. The SMILES string of the molecule is CCP(=O)(CC)[O][Al][O]P(=O)(CC)CC.O=P1(O)CCCC1. The van der Waals surface area contributed by atoms with Crippen LogP contribution in [0.2, 0.25) is 0 Å². The molecule has 0 saturated carbocycles. The predicted molar refractivity (Wildman–Crippen MR) is 94.1 cm³/mol. The second kappa shape index (κ2) is 10.9. The van der Waals surface area contributed by atoms with Gasteiger partial charge >= 0.3 is 15.9 Å². The molecule has 0 aromatic rings. The second-order valence-electron chi connectivity index (χ2n) is 5.20. The molecule has 1 radical (unpaired) electrons. The van der Waals surface area contributed by atoms with E-state index < -0.39 is 38.0 Å². The molecule has 0 amide bonds. The van der Waals surface area contributed by atoms with E-state index in [1.54, 1.807) is 0 Å². The minimum Gasteiger partial charge on any atom is -0.435 e. The first-order valence-electron chi connectivity index (χ1n) is 7.81. The average molecular weight is 389 g/mol. The fourth-order valence-corrected chi connectivity index (χ4v) is 8.44. The molecule has 1 saturated heterocycles. The van der Waals surface area contributed by atoms with Crippen LogP contribution >= 0.6 is 22.1 Å². The van der Waals surface area contributed by atoms with Gasteiger partial charge in [-0.25, -0.2) is 0 Å². The van der Waals surface area contributed by atoms with Crippen molar-refractivity contribution in [3.63, 3.8) is 0 Å². The first-order chi connectivity index (χ1) is 10.2. The van der Waals surface area contributed by atoms with E-state index in [0.717, 1.165) is 12.8 Å². The molecule has 1 rings (SSSR count). The van der Waals surface area contributed by atoms with E-state index in [1.165, 1.54) is 0 Å². The summed E-state index contributed by atoms with van der Waals surface area (Å²) < 4.78 is 44.8. The van der Waals surface area contributed by atoms with Crippen LogP contribution in [0.4, 0.5) is 0 Å². The van der Waals surface area contributed by atoms with E-state index >= 15 is 0 Å². The normalized spacial score (nSPS) is 17.7. The van der Waals surface area contributed by atoms with Crippen molar-refractivity contribution < 1.29 is 25.7 Å². The quantitative estimate of drug-likeness (QED) is 0.493. The van der Waals surface area contributed by atoms with Crippen LogP contribution in [0.1, 0.15) is 40.5 Å². The van der Waals surface area contributed by atoms with E-state index in [2.05, 4.69) is 0 Å². The Hall–Kier alpha value is 1.10. The molecule has 10 heteroatoms. The largest absolute Gasteiger partial charge is 0.679 e. The van der Waals surface area contributed by atoms with Crippen LogP contribution in [-0.2, 0) is 20.8 Å². The van der Waals surface area contributed by atoms with Crippen molar-refractivity contribution in [2.24, 2.45) is 0 Å². The molecule has 1 N–H and O–H groups in total. The average Bonchev–Trinajstić information content (AvgIpc) is 2.91. The van der Waals surface area contributed by atoms with Crippen LogP contribution in [-0.4, -0.2) is 57.8 Å². The molecule has 0 spiro atoms. The summed E-state index contributed by atoms with van der Waals surface area (Å²) >= 11 is -0.866. The number of rotatable bonds is 8. The lowest BCUT2D eigenvalue weighted by atomic mass is 10.4. The highest BCUT2D eigenvalue weighted by molar-refractivity contribution is 7.61. The van der Waals surface area contributed by atoms with Crippen molar-refractivity contribution in [2.75, 3.05) is 37.0 Å². The summed E-state index contributed by atoms with van der Waals surface area (Å²) in [5.41, 5.74) is 0. The second-order valence-corrected chi connectivity index (χ2v) is 15.5. The summed E-state index contributed by atoms with van der Waals surface area (Å²) in [6.45, 7) is 7.35. The third-order valence-electron chi connectivity index (χ3n) is 3.66. The molecule has 0 bridgehead atoms. The third-order valence-corrected chi connectivity index (χ3v) is 13.3. The molecule has 0 aromatic heterocycles. The van der Waals surface area contributed by atoms with Crippen molar-refractivity contribution in [1.29, 1.82) is 0 Å². The van der Waals surface area contributed by atoms with Gasteiger partial charge in [-0.1, -0.05) is 27.7 Å². The molecule has 1 fully saturated rings. The van der Waals surface area contributed by atoms with E-state index in [9.17, 15) is 13.7 Å². The molecule has 1 heterocycles. The summed E-state index contributed by atoms with van der Waals surface area (Å²) in [5.74, 6) is 0. The number of hydrogen-bond acceptors (Lipinski definition) is 5. The van der Waals surface area contributed by atoms with Gasteiger partial charge in [-0.15, -0.1) is 0 Å². The van der Waals surface area contributed by atoms with Gasteiger partial charge in [0.15, 0.2) is 14.7 Å². The molecule has 1 aliphatic rings. The molecule has 0 aliphatic carbocycles. The highest BCUT2D eigenvalue weighted by atomic mass is 31.2. The van der Waals surface area contributed by atoms with Crippen LogP contribution in [0, 0.1) is 0 Å².